The van der Waals surface area contributed by atoms with Crippen LogP contribution in [0.1, 0.15) is 13.8 Å². The third kappa shape index (κ3) is 4.90. The van der Waals surface area contributed by atoms with E-state index in [1.165, 1.54) is 0 Å². The molecule has 0 radical (unpaired) electrons. The van der Waals surface area contributed by atoms with Crippen LogP contribution in [0.5, 0.6) is 0 Å². The molecule has 4 heteroatoms. The van der Waals surface area contributed by atoms with Crippen LogP contribution in [-0.2, 0) is 15.8 Å². The van der Waals surface area contributed by atoms with Gasteiger partial charge >= 0.3 is 0 Å². The first kappa shape index (κ1) is 10.1. The van der Waals surface area contributed by atoms with Gasteiger partial charge in [-0.05, 0) is 0 Å². The minimum atomic E-state index is -1.72. The van der Waals surface area contributed by atoms with Crippen LogP contribution in [0.3, 0.4) is 0 Å². The maximum Gasteiger partial charge on any atom is 0.153 e. The van der Waals surface area contributed by atoms with Gasteiger partial charge in [-0.15, -0.1) is 0 Å². The minimum Gasteiger partial charge on any atom is -0.384 e. The summed E-state index contributed by atoms with van der Waals surface area (Å²) in [6.45, 7) is 4.30. The molecule has 0 aromatic heterocycles. The van der Waals surface area contributed by atoms with E-state index in [2.05, 4.69) is 0 Å². The van der Waals surface area contributed by atoms with E-state index in [0.717, 1.165) is 0 Å². The number of methoxy groups -OCH3 is 1. The van der Waals surface area contributed by atoms with Crippen molar-refractivity contribution < 1.29 is 13.5 Å². The second kappa shape index (κ2) is 4.05. The molecule has 0 amide bonds. The van der Waals surface area contributed by atoms with Gasteiger partial charge in [-0.25, -0.2) is 4.21 Å². The topological polar surface area (TPSA) is 46.5 Å². The fourth-order valence-electron chi connectivity index (χ4n) is 0.767. The Morgan fingerprint density at radius 1 is 1.60 bits per heavy atom. The van der Waals surface area contributed by atoms with Gasteiger partial charge in [0.2, 0.25) is 0 Å². The van der Waals surface area contributed by atoms with Crippen LogP contribution in [0.15, 0.2) is 0 Å². The summed E-state index contributed by atoms with van der Waals surface area (Å²) in [7, 11) is 1.59. The first-order valence-corrected chi connectivity index (χ1v) is 4.32. The maximum atomic E-state index is 10.3. The summed E-state index contributed by atoms with van der Waals surface area (Å²) < 4.78 is 23.7. The first-order valence-electron chi connectivity index (χ1n) is 3.04. The Hall–Kier alpha value is 0.0700. The molecule has 62 valence electrons. The third-order valence-electron chi connectivity index (χ3n) is 1.05. The number of hydrogen-bond donors (Lipinski definition) is 1. The molecule has 0 rings (SSSR count). The molecular weight excluding hydrogens is 152 g/mol. The van der Waals surface area contributed by atoms with Gasteiger partial charge in [0.05, 0.1) is 12.4 Å². The summed E-state index contributed by atoms with van der Waals surface area (Å²) >= 11 is -1.72. The second-order valence-corrected chi connectivity index (χ2v) is 3.99. The highest BCUT2D eigenvalue weighted by Gasteiger charge is 2.19. The number of rotatable bonds is 4. The van der Waals surface area contributed by atoms with Crippen molar-refractivity contribution in [1.82, 2.24) is 0 Å². The highest BCUT2D eigenvalue weighted by atomic mass is 32.2. The van der Waals surface area contributed by atoms with Crippen molar-refractivity contribution in [2.45, 2.75) is 13.8 Å². The van der Waals surface area contributed by atoms with Crippen molar-refractivity contribution in [2.75, 3.05) is 19.5 Å². The van der Waals surface area contributed by atoms with Crippen molar-refractivity contribution in [3.63, 3.8) is 0 Å². The standard InChI is InChI=1S/C6H14O3S/c1-6(2,4-9-3)5-10(7)8/h4-5H2,1-3H3,(H,7,8). The lowest BCUT2D eigenvalue weighted by molar-refractivity contribution is 0.118. The van der Waals surface area contributed by atoms with Crippen LogP contribution in [-0.4, -0.2) is 28.2 Å². The Morgan fingerprint density at radius 3 is 2.40 bits per heavy atom. The molecule has 0 aromatic rings. The summed E-state index contributed by atoms with van der Waals surface area (Å²) in [5.74, 6) is 0.265. The Morgan fingerprint density at radius 2 is 2.10 bits per heavy atom. The van der Waals surface area contributed by atoms with Gasteiger partial charge in [0.25, 0.3) is 0 Å². The molecule has 0 aromatic carbocycles. The summed E-state index contributed by atoms with van der Waals surface area (Å²) in [4.78, 5) is 0. The summed E-state index contributed by atoms with van der Waals surface area (Å²) in [5, 5.41) is 0. The largest absolute Gasteiger partial charge is 0.384 e. The van der Waals surface area contributed by atoms with Gasteiger partial charge < -0.3 is 9.29 Å². The SMILES string of the molecule is COCC(C)(C)CS(=O)O. The van der Waals surface area contributed by atoms with Crippen molar-refractivity contribution >= 4 is 11.1 Å². The van der Waals surface area contributed by atoms with Crippen molar-refractivity contribution in [3.05, 3.63) is 0 Å². The lowest BCUT2D eigenvalue weighted by Gasteiger charge is -2.20. The molecule has 0 heterocycles. The number of ether oxygens (including phenoxy) is 1. The molecule has 1 unspecified atom stereocenters. The highest BCUT2D eigenvalue weighted by Crippen LogP contribution is 2.15. The number of hydrogen-bond acceptors (Lipinski definition) is 2. The van der Waals surface area contributed by atoms with Gasteiger partial charge in [-0.1, -0.05) is 13.8 Å². The van der Waals surface area contributed by atoms with Gasteiger partial charge in [0.1, 0.15) is 0 Å². The van der Waals surface area contributed by atoms with Crippen LogP contribution < -0.4 is 0 Å². The quantitative estimate of drug-likeness (QED) is 0.631. The maximum absolute atomic E-state index is 10.3. The second-order valence-electron chi connectivity index (χ2n) is 3.06. The molecule has 0 fully saturated rings. The fourth-order valence-corrected chi connectivity index (χ4v) is 1.52. The zero-order valence-corrected chi connectivity index (χ0v) is 7.40. The molecule has 1 atom stereocenters. The monoisotopic (exact) mass is 166 g/mol. The Bertz CT molecular complexity index is 122. The van der Waals surface area contributed by atoms with E-state index >= 15 is 0 Å². The zero-order valence-electron chi connectivity index (χ0n) is 6.59. The molecule has 1 N–H and O–H groups in total. The molecule has 0 bridgehead atoms. The lowest BCUT2D eigenvalue weighted by atomic mass is 9.98. The predicted octanol–water partition coefficient (Wildman–Crippen LogP) is 0.881. The molecule has 0 saturated heterocycles. The molecule has 0 aliphatic carbocycles. The van der Waals surface area contributed by atoms with Gasteiger partial charge in [0.15, 0.2) is 11.1 Å². The van der Waals surface area contributed by atoms with Gasteiger partial charge in [0, 0.05) is 12.5 Å². The fraction of sp³-hybridized carbons (Fsp3) is 1.00. The average Bonchev–Trinajstić information content (AvgIpc) is 1.59. The van der Waals surface area contributed by atoms with Gasteiger partial charge in [-0.2, -0.15) is 0 Å². The molecular formula is C6H14O3S. The molecule has 3 nitrogen and oxygen atoms in total. The van der Waals surface area contributed by atoms with Crippen LogP contribution in [0.25, 0.3) is 0 Å². The van der Waals surface area contributed by atoms with Crippen LogP contribution >= 0.6 is 0 Å². The Kier molecular flexibility index (Phi) is 4.08. The van der Waals surface area contributed by atoms with Crippen molar-refractivity contribution in [2.24, 2.45) is 5.41 Å². The lowest BCUT2D eigenvalue weighted by Crippen LogP contribution is -2.25. The first-order chi connectivity index (χ1) is 4.48. The molecule has 10 heavy (non-hydrogen) atoms. The van der Waals surface area contributed by atoms with E-state index in [1.54, 1.807) is 7.11 Å². The molecule has 0 spiro atoms. The van der Waals surface area contributed by atoms with E-state index in [-0.39, 0.29) is 11.2 Å². The highest BCUT2D eigenvalue weighted by molar-refractivity contribution is 7.79. The molecule has 0 aliphatic rings. The summed E-state index contributed by atoms with van der Waals surface area (Å²) in [6.07, 6.45) is 0. The minimum absolute atomic E-state index is 0.200. The van der Waals surface area contributed by atoms with Crippen LogP contribution in [0, 0.1) is 5.41 Å². The average molecular weight is 166 g/mol. The Balaban J connectivity index is 3.74. The third-order valence-corrected chi connectivity index (χ3v) is 2.08. The van der Waals surface area contributed by atoms with E-state index in [1.807, 2.05) is 13.8 Å². The Labute approximate surface area is 64.1 Å². The van der Waals surface area contributed by atoms with Crippen molar-refractivity contribution in [3.8, 4) is 0 Å². The van der Waals surface area contributed by atoms with Crippen molar-refractivity contribution in [1.29, 1.82) is 0 Å². The van der Waals surface area contributed by atoms with Crippen LogP contribution in [0.2, 0.25) is 0 Å². The molecule has 0 saturated carbocycles. The summed E-state index contributed by atoms with van der Waals surface area (Å²) in [6, 6.07) is 0. The van der Waals surface area contributed by atoms with E-state index < -0.39 is 11.1 Å². The predicted molar refractivity (Wildman–Crippen MR) is 41.3 cm³/mol. The van der Waals surface area contributed by atoms with Gasteiger partial charge in [-0.3, -0.25) is 0 Å². The zero-order chi connectivity index (χ0) is 8.20. The smallest absolute Gasteiger partial charge is 0.153 e. The van der Waals surface area contributed by atoms with E-state index in [0.29, 0.717) is 6.61 Å². The normalized spacial score (nSPS) is 15.2. The van der Waals surface area contributed by atoms with Crippen LogP contribution in [0.4, 0.5) is 0 Å². The van der Waals surface area contributed by atoms with E-state index in [4.69, 9.17) is 9.29 Å². The van der Waals surface area contributed by atoms with E-state index in [9.17, 15) is 4.21 Å². The summed E-state index contributed by atoms with van der Waals surface area (Å²) in [5.41, 5.74) is -0.200. The molecule has 0 aliphatic heterocycles.